The third-order valence-corrected chi connectivity index (χ3v) is 6.82. The summed E-state index contributed by atoms with van der Waals surface area (Å²) in [6.07, 6.45) is 13.0. The number of ether oxygens (including phenoxy) is 1. The first-order chi connectivity index (χ1) is 12.2. The van der Waals surface area contributed by atoms with E-state index in [4.69, 9.17) is 4.74 Å². The molecule has 0 aromatic heterocycles. The molecule has 0 bridgehead atoms. The van der Waals surface area contributed by atoms with Crippen molar-refractivity contribution < 1.29 is 14.6 Å². The number of allylic oxidation sites excluding steroid dienone is 1. The summed E-state index contributed by atoms with van der Waals surface area (Å²) in [6, 6.07) is 9.38. The van der Waals surface area contributed by atoms with Crippen molar-refractivity contribution in [1.82, 2.24) is 0 Å². The minimum absolute atomic E-state index is 0.0168. The predicted octanol–water partition coefficient (Wildman–Crippen LogP) is 4.35. The molecule has 134 valence electrons. The average molecular weight is 340 g/mol. The van der Waals surface area contributed by atoms with Gasteiger partial charge >= 0.3 is 5.97 Å². The van der Waals surface area contributed by atoms with E-state index in [1.807, 2.05) is 30.3 Å². The standard InChI is InChI=1S/C22H28O3/c23-20(25-16-21-14-6-12-17(21)13-7-15-21)22(24,19-10-4-5-11-19)18-8-2-1-3-9-18/h1-3,6,8-9,14,17,19,24H,4-5,7,10-13,15-16H2/t17?,21?,22-/m0/s1. The maximum absolute atomic E-state index is 13.1. The molecule has 0 spiro atoms. The molecule has 3 aliphatic carbocycles. The van der Waals surface area contributed by atoms with Gasteiger partial charge in [-0.05, 0) is 43.6 Å². The summed E-state index contributed by atoms with van der Waals surface area (Å²) in [7, 11) is 0. The summed E-state index contributed by atoms with van der Waals surface area (Å²) >= 11 is 0. The van der Waals surface area contributed by atoms with Gasteiger partial charge in [0.2, 0.25) is 0 Å². The first-order valence-electron chi connectivity index (χ1n) is 9.78. The third-order valence-electron chi connectivity index (χ3n) is 6.82. The molecule has 3 atom stereocenters. The maximum Gasteiger partial charge on any atom is 0.343 e. The van der Waals surface area contributed by atoms with Crippen LogP contribution in [0.3, 0.4) is 0 Å². The second kappa shape index (κ2) is 6.60. The first-order valence-corrected chi connectivity index (χ1v) is 9.78. The van der Waals surface area contributed by atoms with Crippen molar-refractivity contribution in [3.63, 3.8) is 0 Å². The number of hydrogen-bond donors (Lipinski definition) is 1. The zero-order chi connectivity index (χ0) is 17.3. The van der Waals surface area contributed by atoms with Gasteiger partial charge in [0.25, 0.3) is 0 Å². The highest BCUT2D eigenvalue weighted by Gasteiger charge is 2.50. The van der Waals surface area contributed by atoms with Crippen LogP contribution in [0, 0.1) is 17.3 Å². The van der Waals surface area contributed by atoms with Crippen LogP contribution in [0.25, 0.3) is 0 Å². The quantitative estimate of drug-likeness (QED) is 0.640. The zero-order valence-electron chi connectivity index (χ0n) is 14.8. The lowest BCUT2D eigenvalue weighted by atomic mass is 9.79. The number of aliphatic hydroxyl groups is 1. The van der Waals surface area contributed by atoms with Crippen molar-refractivity contribution in [2.24, 2.45) is 17.3 Å². The Morgan fingerprint density at radius 1 is 1.16 bits per heavy atom. The van der Waals surface area contributed by atoms with E-state index in [1.165, 1.54) is 12.8 Å². The zero-order valence-corrected chi connectivity index (χ0v) is 14.8. The van der Waals surface area contributed by atoms with E-state index in [0.717, 1.165) is 38.5 Å². The fraction of sp³-hybridized carbons (Fsp3) is 0.591. The van der Waals surface area contributed by atoms with E-state index in [9.17, 15) is 9.90 Å². The number of carbonyl (C=O) groups excluding carboxylic acids is 1. The van der Waals surface area contributed by atoms with Gasteiger partial charge in [-0.15, -0.1) is 0 Å². The van der Waals surface area contributed by atoms with Crippen molar-refractivity contribution in [2.45, 2.75) is 57.0 Å². The smallest absolute Gasteiger partial charge is 0.343 e. The van der Waals surface area contributed by atoms with Gasteiger partial charge < -0.3 is 9.84 Å². The summed E-state index contributed by atoms with van der Waals surface area (Å²) in [6.45, 7) is 0.412. The molecular weight excluding hydrogens is 312 g/mol. The Bertz CT molecular complexity index is 646. The highest BCUT2D eigenvalue weighted by molar-refractivity contribution is 5.81. The van der Waals surface area contributed by atoms with Crippen LogP contribution in [-0.4, -0.2) is 17.7 Å². The summed E-state index contributed by atoms with van der Waals surface area (Å²) in [5, 5.41) is 11.5. The van der Waals surface area contributed by atoms with Crippen molar-refractivity contribution in [3.05, 3.63) is 48.0 Å². The normalized spacial score (nSPS) is 31.0. The van der Waals surface area contributed by atoms with Gasteiger partial charge in [0.1, 0.15) is 6.61 Å². The largest absolute Gasteiger partial charge is 0.462 e. The Hall–Kier alpha value is -1.61. The minimum atomic E-state index is -1.51. The molecule has 3 heteroatoms. The molecule has 0 heterocycles. The molecular formula is C22H28O3. The molecule has 0 aliphatic heterocycles. The van der Waals surface area contributed by atoms with E-state index in [-0.39, 0.29) is 11.3 Å². The highest BCUT2D eigenvalue weighted by atomic mass is 16.6. The molecule has 2 saturated carbocycles. The molecule has 0 radical (unpaired) electrons. The lowest BCUT2D eigenvalue weighted by molar-refractivity contribution is -0.177. The van der Waals surface area contributed by atoms with Gasteiger partial charge in [-0.25, -0.2) is 4.79 Å². The summed E-state index contributed by atoms with van der Waals surface area (Å²) in [5.74, 6) is 0.112. The topological polar surface area (TPSA) is 46.5 Å². The fourth-order valence-corrected chi connectivity index (χ4v) is 5.31. The molecule has 1 aromatic rings. The molecule has 0 amide bonds. The molecule has 4 rings (SSSR count). The maximum atomic E-state index is 13.1. The van der Waals surface area contributed by atoms with Crippen LogP contribution in [0.2, 0.25) is 0 Å². The van der Waals surface area contributed by atoms with Gasteiger partial charge in [-0.2, -0.15) is 0 Å². The van der Waals surface area contributed by atoms with Crippen LogP contribution in [-0.2, 0) is 15.1 Å². The van der Waals surface area contributed by atoms with Crippen LogP contribution < -0.4 is 0 Å². The van der Waals surface area contributed by atoms with Crippen LogP contribution >= 0.6 is 0 Å². The summed E-state index contributed by atoms with van der Waals surface area (Å²) in [4.78, 5) is 13.1. The monoisotopic (exact) mass is 340 g/mol. The number of rotatable bonds is 5. The molecule has 1 N–H and O–H groups in total. The van der Waals surface area contributed by atoms with Crippen LogP contribution in [0.1, 0.15) is 56.9 Å². The molecule has 0 saturated heterocycles. The lowest BCUT2D eigenvalue weighted by Gasteiger charge is -2.34. The van der Waals surface area contributed by atoms with Crippen molar-refractivity contribution in [3.8, 4) is 0 Å². The van der Waals surface area contributed by atoms with Crippen LogP contribution in [0.5, 0.6) is 0 Å². The lowest BCUT2D eigenvalue weighted by Crippen LogP contribution is -2.44. The van der Waals surface area contributed by atoms with Crippen molar-refractivity contribution in [2.75, 3.05) is 6.61 Å². The first kappa shape index (κ1) is 16.8. The third kappa shape index (κ3) is 2.83. The highest BCUT2D eigenvalue weighted by Crippen LogP contribution is 2.51. The van der Waals surface area contributed by atoms with Crippen molar-refractivity contribution in [1.29, 1.82) is 0 Å². The van der Waals surface area contributed by atoms with E-state index >= 15 is 0 Å². The number of carbonyl (C=O) groups is 1. The Kier molecular flexibility index (Phi) is 4.45. The van der Waals surface area contributed by atoms with E-state index < -0.39 is 11.6 Å². The molecule has 3 nitrogen and oxygen atoms in total. The number of hydrogen-bond acceptors (Lipinski definition) is 3. The summed E-state index contributed by atoms with van der Waals surface area (Å²) < 4.78 is 5.82. The molecule has 3 aliphatic rings. The number of fused-ring (bicyclic) bond motifs is 1. The summed E-state index contributed by atoms with van der Waals surface area (Å²) in [5.41, 5.74) is -0.817. The van der Waals surface area contributed by atoms with E-state index in [2.05, 4.69) is 12.2 Å². The van der Waals surface area contributed by atoms with E-state index in [1.54, 1.807) is 0 Å². The van der Waals surface area contributed by atoms with Gasteiger partial charge in [0, 0.05) is 11.3 Å². The van der Waals surface area contributed by atoms with Crippen LogP contribution in [0.4, 0.5) is 0 Å². The van der Waals surface area contributed by atoms with E-state index in [0.29, 0.717) is 18.1 Å². The van der Waals surface area contributed by atoms with Gasteiger partial charge in [0.05, 0.1) is 0 Å². The Balaban J connectivity index is 1.55. The second-order valence-corrected chi connectivity index (χ2v) is 8.15. The molecule has 2 unspecified atom stereocenters. The Morgan fingerprint density at radius 3 is 2.68 bits per heavy atom. The molecule has 2 fully saturated rings. The fourth-order valence-electron chi connectivity index (χ4n) is 5.31. The van der Waals surface area contributed by atoms with Crippen molar-refractivity contribution >= 4 is 5.97 Å². The molecule has 25 heavy (non-hydrogen) atoms. The minimum Gasteiger partial charge on any atom is -0.462 e. The van der Waals surface area contributed by atoms with Gasteiger partial charge in [-0.1, -0.05) is 61.7 Å². The van der Waals surface area contributed by atoms with Gasteiger partial charge in [0.15, 0.2) is 5.60 Å². The second-order valence-electron chi connectivity index (χ2n) is 8.15. The predicted molar refractivity (Wildman–Crippen MR) is 96.8 cm³/mol. The average Bonchev–Trinajstić information content (AvgIpc) is 3.36. The Labute approximate surface area is 150 Å². The Morgan fingerprint density at radius 2 is 1.92 bits per heavy atom. The van der Waals surface area contributed by atoms with Crippen LogP contribution in [0.15, 0.2) is 42.5 Å². The molecule has 1 aromatic carbocycles. The number of benzene rings is 1. The van der Waals surface area contributed by atoms with Gasteiger partial charge in [-0.3, -0.25) is 0 Å². The number of esters is 1. The SMILES string of the molecule is O=C(OCC12C=CCC1CCC2)[C@](O)(c1ccccc1)C1CCCC1.